The maximum atomic E-state index is 11.8. The minimum atomic E-state index is -0.111. The number of nitrogens with one attached hydrogen (secondary N) is 3. The Balaban J connectivity index is 2.60. The zero-order chi connectivity index (χ0) is 15.1. The lowest BCUT2D eigenvalue weighted by atomic mass is 10.1. The van der Waals surface area contributed by atoms with Gasteiger partial charge in [0.2, 0.25) is 11.8 Å². The predicted octanol–water partition coefficient (Wildman–Crippen LogP) is 1.82. The normalized spacial score (nSPS) is 12.1. The molecule has 1 aromatic carbocycles. The molecule has 0 heterocycles. The molecular weight excluding hydrogens is 254 g/mol. The van der Waals surface area contributed by atoms with Crippen LogP contribution in [-0.4, -0.2) is 24.4 Å². The Bertz CT molecular complexity index is 472. The van der Waals surface area contributed by atoms with Gasteiger partial charge in [0, 0.05) is 18.7 Å². The summed E-state index contributed by atoms with van der Waals surface area (Å²) in [4.78, 5) is 22.8. The molecule has 0 aliphatic heterocycles. The molecule has 0 fully saturated rings. The molecule has 3 N–H and O–H groups in total. The van der Waals surface area contributed by atoms with Gasteiger partial charge in [0.05, 0.1) is 12.6 Å². The number of rotatable bonds is 6. The number of carbonyl (C=O) groups excluding carboxylic acids is 2. The van der Waals surface area contributed by atoms with Gasteiger partial charge >= 0.3 is 0 Å². The number of anilines is 1. The Morgan fingerprint density at radius 3 is 2.50 bits per heavy atom. The van der Waals surface area contributed by atoms with Crippen molar-refractivity contribution in [3.63, 3.8) is 0 Å². The fourth-order valence-corrected chi connectivity index (χ4v) is 1.76. The van der Waals surface area contributed by atoms with Gasteiger partial charge in [-0.15, -0.1) is 0 Å². The molecule has 2 amide bonds. The summed E-state index contributed by atoms with van der Waals surface area (Å²) in [5, 5.41) is 8.72. The molecule has 0 bridgehead atoms. The van der Waals surface area contributed by atoms with Crippen molar-refractivity contribution in [3.8, 4) is 0 Å². The van der Waals surface area contributed by atoms with Crippen molar-refractivity contribution in [2.45, 2.75) is 39.8 Å². The molecule has 5 heteroatoms. The monoisotopic (exact) mass is 277 g/mol. The second kappa shape index (κ2) is 7.65. The highest BCUT2D eigenvalue weighted by atomic mass is 16.2. The largest absolute Gasteiger partial charge is 0.348 e. The number of hydrogen-bond acceptors (Lipinski definition) is 3. The van der Waals surface area contributed by atoms with Crippen LogP contribution in [0.4, 0.5) is 5.69 Å². The van der Waals surface area contributed by atoms with Gasteiger partial charge in [-0.2, -0.15) is 0 Å². The fraction of sp³-hybridized carbons (Fsp3) is 0.467. The molecule has 0 radical (unpaired) electrons. The molecule has 1 aromatic rings. The van der Waals surface area contributed by atoms with E-state index in [0.29, 0.717) is 6.54 Å². The highest BCUT2D eigenvalue weighted by molar-refractivity contribution is 5.88. The average molecular weight is 277 g/mol. The Hall–Kier alpha value is -1.88. The second-order valence-corrected chi connectivity index (χ2v) is 5.13. The van der Waals surface area contributed by atoms with Crippen molar-refractivity contribution >= 4 is 17.5 Å². The summed E-state index contributed by atoms with van der Waals surface area (Å²) < 4.78 is 0. The van der Waals surface area contributed by atoms with Crippen molar-refractivity contribution < 1.29 is 9.59 Å². The van der Waals surface area contributed by atoms with Crippen LogP contribution in [0.3, 0.4) is 0 Å². The molecule has 0 saturated carbocycles. The molecule has 1 atom stereocenters. The molecule has 1 unspecified atom stereocenters. The first-order valence-electron chi connectivity index (χ1n) is 6.78. The summed E-state index contributed by atoms with van der Waals surface area (Å²) in [6.07, 6.45) is 0. The Morgan fingerprint density at radius 1 is 1.20 bits per heavy atom. The maximum Gasteiger partial charge on any atom is 0.234 e. The fourth-order valence-electron chi connectivity index (χ4n) is 1.76. The van der Waals surface area contributed by atoms with E-state index in [4.69, 9.17) is 0 Å². The summed E-state index contributed by atoms with van der Waals surface area (Å²) in [5.41, 5.74) is 1.69. The van der Waals surface area contributed by atoms with E-state index in [1.165, 1.54) is 6.92 Å². The van der Waals surface area contributed by atoms with Crippen LogP contribution in [0.2, 0.25) is 0 Å². The van der Waals surface area contributed by atoms with Gasteiger partial charge in [0.15, 0.2) is 0 Å². The number of amides is 2. The van der Waals surface area contributed by atoms with Gasteiger partial charge in [-0.1, -0.05) is 26.0 Å². The molecule has 0 aromatic heterocycles. The van der Waals surface area contributed by atoms with E-state index in [2.05, 4.69) is 16.0 Å². The molecule has 0 aliphatic rings. The molecule has 0 aliphatic carbocycles. The summed E-state index contributed by atoms with van der Waals surface area (Å²) in [7, 11) is 0. The van der Waals surface area contributed by atoms with E-state index in [-0.39, 0.29) is 23.9 Å². The van der Waals surface area contributed by atoms with Crippen LogP contribution in [0, 0.1) is 0 Å². The third kappa shape index (κ3) is 5.84. The van der Waals surface area contributed by atoms with Crippen LogP contribution in [0.25, 0.3) is 0 Å². The highest BCUT2D eigenvalue weighted by Gasteiger charge is 2.10. The minimum Gasteiger partial charge on any atom is -0.348 e. The van der Waals surface area contributed by atoms with E-state index < -0.39 is 0 Å². The van der Waals surface area contributed by atoms with Gasteiger partial charge in [0.25, 0.3) is 0 Å². The first-order valence-corrected chi connectivity index (χ1v) is 6.78. The minimum absolute atomic E-state index is 0.0452. The summed E-state index contributed by atoms with van der Waals surface area (Å²) >= 11 is 0. The van der Waals surface area contributed by atoms with E-state index in [1.54, 1.807) is 0 Å². The van der Waals surface area contributed by atoms with Crippen molar-refractivity contribution in [2.24, 2.45) is 0 Å². The van der Waals surface area contributed by atoms with Crippen molar-refractivity contribution in [1.82, 2.24) is 10.6 Å². The number of carbonyl (C=O) groups is 2. The SMILES string of the molecule is CC(=O)Nc1cccc(C(C)NC(=O)CNC(C)C)c1. The quantitative estimate of drug-likeness (QED) is 0.743. The van der Waals surface area contributed by atoms with Crippen LogP contribution in [0.1, 0.15) is 39.3 Å². The first-order chi connectivity index (χ1) is 9.38. The molecule has 110 valence electrons. The summed E-state index contributed by atoms with van der Waals surface area (Å²) in [5.74, 6) is -0.156. The van der Waals surface area contributed by atoms with E-state index >= 15 is 0 Å². The third-order valence-electron chi connectivity index (χ3n) is 2.76. The highest BCUT2D eigenvalue weighted by Crippen LogP contribution is 2.17. The molecule has 0 saturated heterocycles. The molecule has 20 heavy (non-hydrogen) atoms. The van der Waals surface area contributed by atoms with Gasteiger partial charge in [-0.05, 0) is 24.6 Å². The van der Waals surface area contributed by atoms with Gasteiger partial charge < -0.3 is 16.0 Å². The maximum absolute atomic E-state index is 11.8. The first kappa shape index (κ1) is 16.2. The van der Waals surface area contributed by atoms with Crippen LogP contribution in [-0.2, 0) is 9.59 Å². The average Bonchev–Trinajstić information content (AvgIpc) is 2.36. The molecule has 5 nitrogen and oxygen atoms in total. The number of benzene rings is 1. The Kier molecular flexibility index (Phi) is 6.18. The van der Waals surface area contributed by atoms with Crippen molar-refractivity contribution in [3.05, 3.63) is 29.8 Å². The zero-order valence-electron chi connectivity index (χ0n) is 12.5. The Morgan fingerprint density at radius 2 is 1.90 bits per heavy atom. The van der Waals surface area contributed by atoms with Crippen molar-refractivity contribution in [1.29, 1.82) is 0 Å². The lowest BCUT2D eigenvalue weighted by Crippen LogP contribution is -2.38. The van der Waals surface area contributed by atoms with Crippen LogP contribution in [0.15, 0.2) is 24.3 Å². The second-order valence-electron chi connectivity index (χ2n) is 5.13. The zero-order valence-corrected chi connectivity index (χ0v) is 12.5. The van der Waals surface area contributed by atoms with Gasteiger partial charge in [-0.25, -0.2) is 0 Å². The third-order valence-corrected chi connectivity index (χ3v) is 2.76. The van der Waals surface area contributed by atoms with Crippen LogP contribution < -0.4 is 16.0 Å². The smallest absolute Gasteiger partial charge is 0.234 e. The predicted molar refractivity (Wildman–Crippen MR) is 80.4 cm³/mol. The lowest BCUT2D eigenvalue weighted by Gasteiger charge is -2.16. The summed E-state index contributed by atoms with van der Waals surface area (Å²) in [6.45, 7) is 7.67. The molecular formula is C15H23N3O2. The summed E-state index contributed by atoms with van der Waals surface area (Å²) in [6, 6.07) is 7.63. The van der Waals surface area contributed by atoms with Crippen LogP contribution in [0.5, 0.6) is 0 Å². The van der Waals surface area contributed by atoms with E-state index in [0.717, 1.165) is 11.3 Å². The molecule has 1 rings (SSSR count). The van der Waals surface area contributed by atoms with Gasteiger partial charge in [0.1, 0.15) is 0 Å². The van der Waals surface area contributed by atoms with E-state index in [9.17, 15) is 9.59 Å². The van der Waals surface area contributed by atoms with Crippen LogP contribution >= 0.6 is 0 Å². The topological polar surface area (TPSA) is 70.2 Å². The van der Waals surface area contributed by atoms with Crippen molar-refractivity contribution in [2.75, 3.05) is 11.9 Å². The molecule has 0 spiro atoms. The number of hydrogen-bond donors (Lipinski definition) is 3. The lowest BCUT2D eigenvalue weighted by molar-refractivity contribution is -0.121. The standard InChI is InChI=1S/C15H23N3O2/c1-10(2)16-9-15(20)17-11(3)13-6-5-7-14(8-13)18-12(4)19/h5-8,10-11,16H,9H2,1-4H3,(H,17,20)(H,18,19). The van der Waals surface area contributed by atoms with E-state index in [1.807, 2.05) is 45.0 Å². The Labute approximate surface area is 120 Å². The van der Waals surface area contributed by atoms with Gasteiger partial charge in [-0.3, -0.25) is 9.59 Å².